The van der Waals surface area contributed by atoms with E-state index in [0.717, 1.165) is 11.4 Å². The van der Waals surface area contributed by atoms with Gasteiger partial charge >= 0.3 is 6.09 Å². The van der Waals surface area contributed by atoms with Gasteiger partial charge in [0.25, 0.3) is 0 Å². The maximum Gasteiger partial charge on any atom is 0.414 e. The summed E-state index contributed by atoms with van der Waals surface area (Å²) in [4.78, 5) is 14.3. The van der Waals surface area contributed by atoms with Crippen molar-refractivity contribution in [1.82, 2.24) is 0 Å². The highest BCUT2D eigenvalue weighted by Gasteiger charge is 2.36. The van der Waals surface area contributed by atoms with Crippen LogP contribution in [0.4, 0.5) is 16.2 Å². The third-order valence-electron chi connectivity index (χ3n) is 3.43. The number of rotatable bonds is 2. The summed E-state index contributed by atoms with van der Waals surface area (Å²) in [5.41, 5.74) is 0.688. The van der Waals surface area contributed by atoms with Crippen LogP contribution < -0.4 is 19.7 Å². The maximum atomic E-state index is 12.6. The molecule has 128 valence electrons. The van der Waals surface area contributed by atoms with Gasteiger partial charge in [-0.3, -0.25) is 4.90 Å². The minimum absolute atomic E-state index is 0.288. The lowest BCUT2D eigenvalue weighted by molar-refractivity contribution is 0.0573. The Morgan fingerprint density at radius 1 is 1.17 bits per heavy atom. The van der Waals surface area contributed by atoms with Crippen molar-refractivity contribution in [2.24, 2.45) is 0 Å². The summed E-state index contributed by atoms with van der Waals surface area (Å²) in [5.74, 6) is 1.18. The molecule has 1 aliphatic heterocycles. The minimum atomic E-state index is -0.553. The lowest BCUT2D eigenvalue weighted by Gasteiger charge is -2.41. The Morgan fingerprint density at radius 2 is 1.74 bits per heavy atom. The zero-order valence-corrected chi connectivity index (χ0v) is 14.9. The van der Waals surface area contributed by atoms with E-state index in [1.807, 2.05) is 40.7 Å². The molecule has 2 rings (SSSR count). The van der Waals surface area contributed by atoms with Crippen molar-refractivity contribution >= 4 is 17.5 Å². The van der Waals surface area contributed by atoms with Gasteiger partial charge in [0.1, 0.15) is 5.60 Å². The topological polar surface area (TPSA) is 60.0 Å². The normalized spacial score (nSPS) is 16.2. The number of benzene rings is 1. The van der Waals surface area contributed by atoms with Crippen LogP contribution in [0.15, 0.2) is 12.1 Å². The molecule has 0 saturated heterocycles. The second-order valence-corrected chi connectivity index (χ2v) is 7.30. The number of fused-ring (bicyclic) bond motifs is 1. The Hall–Kier alpha value is -2.11. The van der Waals surface area contributed by atoms with Gasteiger partial charge in [-0.05, 0) is 34.6 Å². The van der Waals surface area contributed by atoms with Gasteiger partial charge in [0.2, 0.25) is 0 Å². The second kappa shape index (κ2) is 5.83. The molecule has 1 heterocycles. The SMILES string of the molecule is COc1cc2c(cc1OC)N(C(=O)OC(C)(C)C)CC(C)(C)N2. The smallest absolute Gasteiger partial charge is 0.414 e. The summed E-state index contributed by atoms with van der Waals surface area (Å²) in [6.45, 7) is 10.1. The molecule has 23 heavy (non-hydrogen) atoms. The molecule has 0 unspecified atom stereocenters. The summed E-state index contributed by atoms with van der Waals surface area (Å²) >= 11 is 0. The molecule has 0 bridgehead atoms. The van der Waals surface area contributed by atoms with Gasteiger partial charge in [0.05, 0.1) is 32.1 Å². The van der Waals surface area contributed by atoms with Crippen molar-refractivity contribution in [3.63, 3.8) is 0 Å². The van der Waals surface area contributed by atoms with Crippen LogP contribution in [0.2, 0.25) is 0 Å². The van der Waals surface area contributed by atoms with E-state index in [1.54, 1.807) is 25.2 Å². The van der Waals surface area contributed by atoms with Crippen LogP contribution in [0.5, 0.6) is 11.5 Å². The summed E-state index contributed by atoms with van der Waals surface area (Å²) < 4.78 is 16.2. The van der Waals surface area contributed by atoms with E-state index >= 15 is 0 Å². The predicted octanol–water partition coefficient (Wildman–Crippen LogP) is 3.65. The number of carbonyl (C=O) groups excluding carboxylic acids is 1. The Morgan fingerprint density at radius 3 is 2.26 bits per heavy atom. The van der Waals surface area contributed by atoms with Gasteiger partial charge in [-0.15, -0.1) is 0 Å². The van der Waals surface area contributed by atoms with Crippen molar-refractivity contribution in [3.8, 4) is 11.5 Å². The van der Waals surface area contributed by atoms with Crippen LogP contribution in [-0.2, 0) is 4.74 Å². The molecule has 1 N–H and O–H groups in total. The van der Waals surface area contributed by atoms with Crippen LogP contribution in [0.25, 0.3) is 0 Å². The van der Waals surface area contributed by atoms with E-state index in [2.05, 4.69) is 5.32 Å². The Kier molecular flexibility index (Phi) is 4.37. The summed E-state index contributed by atoms with van der Waals surface area (Å²) in [6.07, 6.45) is -0.374. The van der Waals surface area contributed by atoms with E-state index in [-0.39, 0.29) is 11.6 Å². The number of hydrogen-bond acceptors (Lipinski definition) is 5. The molecule has 1 amide bonds. The average Bonchev–Trinajstić information content (AvgIpc) is 2.42. The fraction of sp³-hybridized carbons (Fsp3) is 0.588. The maximum absolute atomic E-state index is 12.6. The molecule has 1 aromatic carbocycles. The number of nitrogens with zero attached hydrogens (tertiary/aromatic N) is 1. The highest BCUT2D eigenvalue weighted by Crippen LogP contribution is 2.42. The zero-order chi connectivity index (χ0) is 17.4. The molecule has 0 aromatic heterocycles. The van der Waals surface area contributed by atoms with E-state index in [9.17, 15) is 4.79 Å². The molecule has 0 atom stereocenters. The van der Waals surface area contributed by atoms with Gasteiger partial charge in [-0.1, -0.05) is 0 Å². The number of hydrogen-bond donors (Lipinski definition) is 1. The molecular formula is C17H26N2O4. The number of ether oxygens (including phenoxy) is 3. The van der Waals surface area contributed by atoms with Crippen LogP contribution >= 0.6 is 0 Å². The Bertz CT molecular complexity index is 605. The number of methoxy groups -OCH3 is 2. The molecule has 0 saturated carbocycles. The first-order valence-electron chi connectivity index (χ1n) is 7.61. The molecule has 6 nitrogen and oxygen atoms in total. The highest BCUT2D eigenvalue weighted by molar-refractivity contribution is 5.95. The monoisotopic (exact) mass is 322 g/mol. The summed E-state index contributed by atoms with van der Waals surface area (Å²) in [6, 6.07) is 3.63. The van der Waals surface area contributed by atoms with E-state index in [1.165, 1.54) is 0 Å². The predicted molar refractivity (Wildman–Crippen MR) is 90.8 cm³/mol. The average molecular weight is 322 g/mol. The first-order valence-corrected chi connectivity index (χ1v) is 7.61. The molecule has 0 aliphatic carbocycles. The van der Waals surface area contributed by atoms with E-state index in [0.29, 0.717) is 18.0 Å². The quantitative estimate of drug-likeness (QED) is 0.900. The van der Waals surface area contributed by atoms with Crippen LogP contribution in [0.3, 0.4) is 0 Å². The van der Waals surface area contributed by atoms with Crippen molar-refractivity contribution in [3.05, 3.63) is 12.1 Å². The zero-order valence-electron chi connectivity index (χ0n) is 14.9. The molecular weight excluding hydrogens is 296 g/mol. The Labute approximate surface area is 137 Å². The van der Waals surface area contributed by atoms with Gasteiger partial charge in [-0.25, -0.2) is 4.79 Å². The summed E-state index contributed by atoms with van der Waals surface area (Å²) in [7, 11) is 3.16. The third-order valence-corrected chi connectivity index (χ3v) is 3.43. The third kappa shape index (κ3) is 3.81. The van der Waals surface area contributed by atoms with Gasteiger partial charge < -0.3 is 19.5 Å². The first kappa shape index (κ1) is 17.2. The second-order valence-electron chi connectivity index (χ2n) is 7.30. The van der Waals surface area contributed by atoms with Gasteiger partial charge in [-0.2, -0.15) is 0 Å². The van der Waals surface area contributed by atoms with Crippen LogP contribution in [0, 0.1) is 0 Å². The largest absolute Gasteiger partial charge is 0.493 e. The molecule has 0 spiro atoms. The van der Waals surface area contributed by atoms with E-state index < -0.39 is 5.60 Å². The molecule has 1 aromatic rings. The number of nitrogens with one attached hydrogen (secondary N) is 1. The molecule has 0 radical (unpaired) electrons. The molecule has 0 fully saturated rings. The number of anilines is 2. The Balaban J connectivity index is 2.48. The fourth-order valence-electron chi connectivity index (χ4n) is 2.56. The first-order chi connectivity index (χ1) is 10.6. The standard InChI is InChI=1S/C17H26N2O4/c1-16(2,3)23-15(20)19-10-17(4,5)18-11-8-13(21-6)14(22-7)9-12(11)19/h8-9,18H,10H2,1-7H3. The number of carbonyl (C=O) groups is 1. The summed E-state index contributed by atoms with van der Waals surface area (Å²) in [5, 5.41) is 3.42. The van der Waals surface area contributed by atoms with Crippen molar-refractivity contribution in [2.45, 2.75) is 45.8 Å². The van der Waals surface area contributed by atoms with Crippen LogP contribution in [-0.4, -0.2) is 38.0 Å². The van der Waals surface area contributed by atoms with Crippen molar-refractivity contribution in [1.29, 1.82) is 0 Å². The van der Waals surface area contributed by atoms with Crippen molar-refractivity contribution < 1.29 is 19.0 Å². The number of amides is 1. The van der Waals surface area contributed by atoms with Crippen molar-refractivity contribution in [2.75, 3.05) is 31.0 Å². The minimum Gasteiger partial charge on any atom is -0.493 e. The lowest BCUT2D eigenvalue weighted by atomic mass is 9.99. The molecule has 1 aliphatic rings. The lowest BCUT2D eigenvalue weighted by Crippen LogP contribution is -2.51. The van der Waals surface area contributed by atoms with Gasteiger partial charge in [0.15, 0.2) is 11.5 Å². The fourth-order valence-corrected chi connectivity index (χ4v) is 2.56. The van der Waals surface area contributed by atoms with Gasteiger partial charge in [0, 0.05) is 17.7 Å². The van der Waals surface area contributed by atoms with E-state index in [4.69, 9.17) is 14.2 Å². The highest BCUT2D eigenvalue weighted by atomic mass is 16.6. The van der Waals surface area contributed by atoms with Crippen LogP contribution in [0.1, 0.15) is 34.6 Å². The molecule has 6 heteroatoms.